The predicted octanol–water partition coefficient (Wildman–Crippen LogP) is 4.42. The Balaban J connectivity index is 1.28. The predicted molar refractivity (Wildman–Crippen MR) is 119 cm³/mol. The Labute approximate surface area is 180 Å². The first-order chi connectivity index (χ1) is 14.6. The van der Waals surface area contributed by atoms with Gasteiger partial charge >= 0.3 is 6.03 Å². The topological polar surface area (TPSA) is 44.8 Å². The lowest BCUT2D eigenvalue weighted by Gasteiger charge is -2.39. The molecule has 30 heavy (non-hydrogen) atoms. The number of hydrogen-bond donors (Lipinski definition) is 1. The highest BCUT2D eigenvalue weighted by atomic mass is 16.5. The third-order valence-electron chi connectivity index (χ3n) is 6.42. The minimum absolute atomic E-state index is 0.0183. The summed E-state index contributed by atoms with van der Waals surface area (Å²) in [6.07, 6.45) is 4.58. The average molecular weight is 408 g/mol. The number of benzene rings is 2. The first kappa shape index (κ1) is 20.7. The quantitative estimate of drug-likeness (QED) is 0.739. The second kappa shape index (κ2) is 9.52. The SMILES string of the molecule is CCOc1ccc(CN(C)C(=O)NC2CC3CCC(C2)N3Cc2ccccc2)cc1. The Bertz CT molecular complexity index is 810. The van der Waals surface area contributed by atoms with Gasteiger partial charge in [-0.2, -0.15) is 0 Å². The first-order valence-corrected chi connectivity index (χ1v) is 11.2. The Morgan fingerprint density at radius 3 is 2.33 bits per heavy atom. The van der Waals surface area contributed by atoms with E-state index in [1.54, 1.807) is 4.90 Å². The van der Waals surface area contributed by atoms with Crippen LogP contribution in [-0.4, -0.2) is 47.6 Å². The Morgan fingerprint density at radius 2 is 1.70 bits per heavy atom. The number of nitrogens with zero attached hydrogens (tertiary/aromatic N) is 2. The van der Waals surface area contributed by atoms with Crippen LogP contribution >= 0.6 is 0 Å². The number of ether oxygens (including phenoxy) is 1. The van der Waals surface area contributed by atoms with Gasteiger partial charge in [-0.05, 0) is 55.9 Å². The van der Waals surface area contributed by atoms with E-state index in [2.05, 4.69) is 40.5 Å². The normalized spacial score (nSPS) is 23.2. The highest BCUT2D eigenvalue weighted by Gasteiger charge is 2.41. The lowest BCUT2D eigenvalue weighted by Crippen LogP contribution is -2.52. The molecule has 2 bridgehead atoms. The number of fused-ring (bicyclic) bond motifs is 2. The van der Waals surface area contributed by atoms with E-state index < -0.39 is 0 Å². The highest BCUT2D eigenvalue weighted by molar-refractivity contribution is 5.74. The van der Waals surface area contributed by atoms with Crippen LogP contribution in [0.25, 0.3) is 0 Å². The summed E-state index contributed by atoms with van der Waals surface area (Å²) in [6.45, 7) is 4.25. The number of urea groups is 1. The fourth-order valence-corrected chi connectivity index (χ4v) is 4.93. The van der Waals surface area contributed by atoms with Gasteiger partial charge in [0.25, 0.3) is 0 Å². The second-order valence-electron chi connectivity index (χ2n) is 8.59. The standard InChI is InChI=1S/C25H33N3O2/c1-3-30-24-13-9-20(10-14-24)17-27(2)25(29)26-21-15-22-11-12-23(16-21)28(22)18-19-7-5-4-6-8-19/h4-10,13-14,21-23H,3,11-12,15-18H2,1-2H3,(H,26,29). The van der Waals surface area contributed by atoms with Gasteiger partial charge in [0.1, 0.15) is 5.75 Å². The molecule has 2 atom stereocenters. The van der Waals surface area contributed by atoms with Crippen molar-refractivity contribution in [1.82, 2.24) is 15.1 Å². The van der Waals surface area contributed by atoms with Crippen LogP contribution in [0.1, 0.15) is 43.7 Å². The van der Waals surface area contributed by atoms with Crippen molar-refractivity contribution in [3.05, 3.63) is 65.7 Å². The number of amides is 2. The van der Waals surface area contributed by atoms with Crippen molar-refractivity contribution in [2.24, 2.45) is 0 Å². The molecule has 0 saturated carbocycles. The van der Waals surface area contributed by atoms with Gasteiger partial charge in [-0.15, -0.1) is 0 Å². The molecular weight excluding hydrogens is 374 g/mol. The average Bonchev–Trinajstić information content (AvgIpc) is 2.98. The summed E-state index contributed by atoms with van der Waals surface area (Å²) in [7, 11) is 1.87. The zero-order chi connectivity index (χ0) is 20.9. The zero-order valence-electron chi connectivity index (χ0n) is 18.1. The minimum atomic E-state index is 0.0183. The molecule has 1 N–H and O–H groups in total. The van der Waals surface area contributed by atoms with Crippen LogP contribution in [0, 0.1) is 0 Å². The molecule has 0 radical (unpaired) electrons. The molecule has 2 aliphatic rings. The van der Waals surface area contributed by atoms with Gasteiger partial charge in [0.2, 0.25) is 0 Å². The number of carbonyl (C=O) groups excluding carboxylic acids is 1. The summed E-state index contributed by atoms with van der Waals surface area (Å²) in [5.41, 5.74) is 2.49. The molecule has 2 heterocycles. The van der Waals surface area contributed by atoms with Crippen LogP contribution in [0.5, 0.6) is 5.75 Å². The molecule has 5 nitrogen and oxygen atoms in total. The van der Waals surface area contributed by atoms with E-state index in [9.17, 15) is 4.79 Å². The minimum Gasteiger partial charge on any atom is -0.494 e. The molecule has 2 fully saturated rings. The molecule has 2 aliphatic heterocycles. The summed E-state index contributed by atoms with van der Waals surface area (Å²) in [4.78, 5) is 17.2. The molecule has 2 aromatic carbocycles. The molecule has 5 heteroatoms. The van der Waals surface area contributed by atoms with Gasteiger partial charge in [0, 0.05) is 38.3 Å². The van der Waals surface area contributed by atoms with E-state index in [4.69, 9.17) is 4.74 Å². The van der Waals surface area contributed by atoms with Crippen LogP contribution in [-0.2, 0) is 13.1 Å². The Hall–Kier alpha value is -2.53. The monoisotopic (exact) mass is 407 g/mol. The van der Waals surface area contributed by atoms with Crippen molar-refractivity contribution in [1.29, 1.82) is 0 Å². The number of nitrogens with one attached hydrogen (secondary N) is 1. The summed E-state index contributed by atoms with van der Waals surface area (Å²) >= 11 is 0. The summed E-state index contributed by atoms with van der Waals surface area (Å²) in [5, 5.41) is 3.29. The molecule has 2 aromatic rings. The van der Waals surface area contributed by atoms with Crippen molar-refractivity contribution in [2.45, 2.75) is 63.8 Å². The molecule has 2 unspecified atom stereocenters. The first-order valence-electron chi connectivity index (χ1n) is 11.2. The lowest BCUT2D eigenvalue weighted by atomic mass is 9.96. The molecule has 160 valence electrons. The van der Waals surface area contributed by atoms with Crippen molar-refractivity contribution >= 4 is 6.03 Å². The lowest BCUT2D eigenvalue weighted by molar-refractivity contribution is 0.108. The number of hydrogen-bond acceptors (Lipinski definition) is 3. The largest absolute Gasteiger partial charge is 0.494 e. The van der Waals surface area contributed by atoms with Crippen LogP contribution in [0.3, 0.4) is 0 Å². The maximum atomic E-state index is 12.8. The fourth-order valence-electron chi connectivity index (χ4n) is 4.93. The van der Waals surface area contributed by atoms with Crippen LogP contribution in [0.15, 0.2) is 54.6 Å². The van der Waals surface area contributed by atoms with E-state index in [0.29, 0.717) is 25.2 Å². The molecular formula is C25H33N3O2. The van der Waals surface area contributed by atoms with Crippen molar-refractivity contribution in [3.8, 4) is 5.75 Å². The molecule has 2 amide bonds. The molecule has 0 aliphatic carbocycles. The van der Waals surface area contributed by atoms with Gasteiger partial charge in [-0.3, -0.25) is 4.90 Å². The van der Waals surface area contributed by atoms with E-state index in [1.165, 1.54) is 18.4 Å². The molecule has 0 aromatic heterocycles. The number of carbonyl (C=O) groups is 1. The van der Waals surface area contributed by atoms with Crippen LogP contribution < -0.4 is 10.1 Å². The van der Waals surface area contributed by atoms with Crippen LogP contribution in [0.2, 0.25) is 0 Å². The maximum Gasteiger partial charge on any atom is 0.317 e. The van der Waals surface area contributed by atoms with E-state index in [1.807, 2.05) is 38.2 Å². The second-order valence-corrected chi connectivity index (χ2v) is 8.59. The third-order valence-corrected chi connectivity index (χ3v) is 6.42. The van der Waals surface area contributed by atoms with Gasteiger partial charge < -0.3 is 15.0 Å². The smallest absolute Gasteiger partial charge is 0.317 e. The Morgan fingerprint density at radius 1 is 1.03 bits per heavy atom. The molecule has 4 rings (SSSR count). The fraction of sp³-hybridized carbons (Fsp3) is 0.480. The van der Waals surface area contributed by atoms with Gasteiger partial charge in [0.15, 0.2) is 0 Å². The van der Waals surface area contributed by atoms with Crippen molar-refractivity contribution < 1.29 is 9.53 Å². The Kier molecular flexibility index (Phi) is 6.58. The van der Waals surface area contributed by atoms with Crippen molar-refractivity contribution in [2.75, 3.05) is 13.7 Å². The summed E-state index contributed by atoms with van der Waals surface area (Å²) in [6, 6.07) is 20.1. The maximum absolute atomic E-state index is 12.8. The molecule has 2 saturated heterocycles. The van der Waals surface area contributed by atoms with E-state index in [-0.39, 0.29) is 12.1 Å². The highest BCUT2D eigenvalue weighted by Crippen LogP contribution is 2.36. The van der Waals surface area contributed by atoms with Crippen LogP contribution in [0.4, 0.5) is 4.79 Å². The van der Waals surface area contributed by atoms with E-state index in [0.717, 1.165) is 30.7 Å². The zero-order valence-corrected chi connectivity index (χ0v) is 18.1. The third kappa shape index (κ3) is 4.96. The van der Waals surface area contributed by atoms with Crippen molar-refractivity contribution in [3.63, 3.8) is 0 Å². The van der Waals surface area contributed by atoms with Gasteiger partial charge in [-0.25, -0.2) is 4.79 Å². The van der Waals surface area contributed by atoms with E-state index >= 15 is 0 Å². The summed E-state index contributed by atoms with van der Waals surface area (Å²) < 4.78 is 5.49. The molecule has 0 spiro atoms. The number of piperidine rings is 1. The summed E-state index contributed by atoms with van der Waals surface area (Å²) in [5.74, 6) is 0.867. The van der Waals surface area contributed by atoms with Gasteiger partial charge in [-0.1, -0.05) is 42.5 Å². The van der Waals surface area contributed by atoms with Gasteiger partial charge in [0.05, 0.1) is 6.61 Å². The number of rotatable bonds is 7.